The van der Waals surface area contributed by atoms with E-state index in [2.05, 4.69) is 4.74 Å². The van der Waals surface area contributed by atoms with Crippen molar-refractivity contribution in [3.05, 3.63) is 64.2 Å². The summed E-state index contributed by atoms with van der Waals surface area (Å²) in [6.45, 7) is 1.82. The lowest BCUT2D eigenvalue weighted by molar-refractivity contribution is 0.103. The first-order chi connectivity index (χ1) is 10.5. The number of phenolic OH excluding ortho intramolecular Hbond substituents is 1. The standard InChI is InChI=1S/C17H12O5/c1-9-4-2-3-5-11(9)16(19)13-6-10-7-15(22-17(20)21)12(10)8-14(13)18/h2-8,18H,1H3,(H,20,21). The summed E-state index contributed by atoms with van der Waals surface area (Å²) in [5.74, 6) is -0.321. The number of carboxylic acid groups (broad SMARTS) is 1. The maximum Gasteiger partial charge on any atom is 0.511 e. The van der Waals surface area contributed by atoms with E-state index in [0.717, 1.165) is 5.56 Å². The number of benzene rings is 2. The second-order valence-corrected chi connectivity index (χ2v) is 4.98. The van der Waals surface area contributed by atoms with Crippen LogP contribution >= 0.6 is 0 Å². The van der Waals surface area contributed by atoms with Crippen LogP contribution in [-0.4, -0.2) is 22.2 Å². The SMILES string of the molecule is Cc1ccccc1C(=O)c1cc2c(cc1O)C(OC(=O)O)=C2. The molecule has 1 aliphatic carbocycles. The number of rotatable bonds is 3. The van der Waals surface area contributed by atoms with Crippen molar-refractivity contribution in [2.45, 2.75) is 6.92 Å². The number of carbonyl (C=O) groups is 2. The molecule has 5 nitrogen and oxygen atoms in total. The zero-order valence-corrected chi connectivity index (χ0v) is 11.7. The van der Waals surface area contributed by atoms with Gasteiger partial charge in [0.05, 0.1) is 5.56 Å². The van der Waals surface area contributed by atoms with Crippen molar-refractivity contribution in [2.24, 2.45) is 0 Å². The molecule has 0 unspecified atom stereocenters. The van der Waals surface area contributed by atoms with Gasteiger partial charge in [0.25, 0.3) is 0 Å². The van der Waals surface area contributed by atoms with Crippen LogP contribution in [-0.2, 0) is 4.74 Å². The van der Waals surface area contributed by atoms with Gasteiger partial charge in [-0.25, -0.2) is 4.79 Å². The molecule has 0 saturated carbocycles. The summed E-state index contributed by atoms with van der Waals surface area (Å²) in [6, 6.07) is 10.0. The normalized spacial score (nSPS) is 12.0. The fourth-order valence-corrected chi connectivity index (χ4v) is 2.41. The summed E-state index contributed by atoms with van der Waals surface area (Å²) in [4.78, 5) is 23.0. The summed E-state index contributed by atoms with van der Waals surface area (Å²) in [5.41, 5.74) is 2.65. The number of ether oxygens (including phenoxy) is 1. The van der Waals surface area contributed by atoms with Crippen molar-refractivity contribution in [2.75, 3.05) is 0 Å². The molecule has 0 saturated heterocycles. The van der Waals surface area contributed by atoms with Gasteiger partial charge in [0.15, 0.2) is 5.78 Å². The molecule has 2 aromatic rings. The quantitative estimate of drug-likeness (QED) is 0.669. The molecule has 22 heavy (non-hydrogen) atoms. The number of carbonyl (C=O) groups excluding carboxylic acids is 1. The van der Waals surface area contributed by atoms with Gasteiger partial charge < -0.3 is 14.9 Å². The molecule has 0 aliphatic heterocycles. The van der Waals surface area contributed by atoms with E-state index in [4.69, 9.17) is 5.11 Å². The van der Waals surface area contributed by atoms with Crippen LogP contribution < -0.4 is 0 Å². The Morgan fingerprint density at radius 3 is 2.50 bits per heavy atom. The van der Waals surface area contributed by atoms with Crippen LogP contribution in [0.2, 0.25) is 0 Å². The number of aromatic hydroxyl groups is 1. The fourth-order valence-electron chi connectivity index (χ4n) is 2.41. The summed E-state index contributed by atoms with van der Waals surface area (Å²) >= 11 is 0. The van der Waals surface area contributed by atoms with Crippen molar-refractivity contribution in [1.29, 1.82) is 0 Å². The van der Waals surface area contributed by atoms with Gasteiger partial charge >= 0.3 is 6.16 Å². The first kappa shape index (κ1) is 13.9. The fraction of sp³-hybridized carbons (Fsp3) is 0.0588. The van der Waals surface area contributed by atoms with Crippen molar-refractivity contribution >= 4 is 23.8 Å². The van der Waals surface area contributed by atoms with Gasteiger partial charge in [-0.1, -0.05) is 24.3 Å². The summed E-state index contributed by atoms with van der Waals surface area (Å²) < 4.78 is 4.55. The van der Waals surface area contributed by atoms with Crippen molar-refractivity contribution < 1.29 is 24.5 Å². The van der Waals surface area contributed by atoms with Crippen LogP contribution in [0, 0.1) is 6.92 Å². The summed E-state index contributed by atoms with van der Waals surface area (Å²) in [5, 5.41) is 18.7. The molecule has 0 fully saturated rings. The first-order valence-corrected chi connectivity index (χ1v) is 6.57. The maximum atomic E-state index is 12.5. The lowest BCUT2D eigenvalue weighted by Gasteiger charge is -2.19. The van der Waals surface area contributed by atoms with E-state index in [-0.39, 0.29) is 22.9 Å². The Morgan fingerprint density at radius 2 is 1.82 bits per heavy atom. The Hall–Kier alpha value is -3.08. The Bertz CT molecular complexity index is 833. The van der Waals surface area contributed by atoms with E-state index in [0.29, 0.717) is 16.7 Å². The third-order valence-electron chi connectivity index (χ3n) is 3.55. The minimum absolute atomic E-state index is 0.160. The lowest BCUT2D eigenvalue weighted by Crippen LogP contribution is -2.10. The van der Waals surface area contributed by atoms with E-state index >= 15 is 0 Å². The largest absolute Gasteiger partial charge is 0.511 e. The molecule has 0 amide bonds. The van der Waals surface area contributed by atoms with Crippen LogP contribution in [0.4, 0.5) is 4.79 Å². The van der Waals surface area contributed by atoms with Crippen LogP contribution in [0.1, 0.15) is 32.6 Å². The van der Waals surface area contributed by atoms with Gasteiger partial charge in [-0.2, -0.15) is 0 Å². The maximum absolute atomic E-state index is 12.5. The highest BCUT2D eigenvalue weighted by Crippen LogP contribution is 2.38. The van der Waals surface area contributed by atoms with E-state index in [9.17, 15) is 14.7 Å². The van der Waals surface area contributed by atoms with Crippen LogP contribution in [0.25, 0.3) is 11.8 Å². The molecule has 2 aromatic carbocycles. The number of hydrogen-bond donors (Lipinski definition) is 2. The number of phenols is 1. The Balaban J connectivity index is 1.97. The van der Waals surface area contributed by atoms with Gasteiger partial charge in [-0.15, -0.1) is 0 Å². The van der Waals surface area contributed by atoms with Gasteiger partial charge in [-0.3, -0.25) is 4.79 Å². The predicted molar refractivity (Wildman–Crippen MR) is 79.7 cm³/mol. The monoisotopic (exact) mass is 296 g/mol. The van der Waals surface area contributed by atoms with Crippen LogP contribution in [0.3, 0.4) is 0 Å². The molecule has 110 valence electrons. The molecule has 0 atom stereocenters. The topological polar surface area (TPSA) is 83.8 Å². The van der Waals surface area contributed by atoms with Gasteiger partial charge in [0, 0.05) is 11.1 Å². The first-order valence-electron chi connectivity index (χ1n) is 6.57. The average molecular weight is 296 g/mol. The van der Waals surface area contributed by atoms with Gasteiger partial charge in [0.2, 0.25) is 0 Å². The number of aryl methyl sites for hydroxylation is 1. The zero-order chi connectivity index (χ0) is 15.9. The van der Waals surface area contributed by atoms with Crippen molar-refractivity contribution in [1.82, 2.24) is 0 Å². The molecular formula is C17H12O5. The van der Waals surface area contributed by atoms with Crippen LogP contribution in [0.15, 0.2) is 36.4 Å². The highest BCUT2D eigenvalue weighted by Gasteiger charge is 2.25. The minimum atomic E-state index is -1.42. The van der Waals surface area contributed by atoms with E-state index in [1.807, 2.05) is 19.1 Å². The minimum Gasteiger partial charge on any atom is -0.507 e. The third-order valence-corrected chi connectivity index (χ3v) is 3.55. The molecular weight excluding hydrogens is 284 g/mol. The number of hydrogen-bond acceptors (Lipinski definition) is 4. The predicted octanol–water partition coefficient (Wildman–Crippen LogP) is 3.44. The molecule has 2 N–H and O–H groups in total. The molecule has 0 bridgehead atoms. The van der Waals surface area contributed by atoms with Crippen molar-refractivity contribution in [3.8, 4) is 5.75 Å². The molecule has 0 aromatic heterocycles. The highest BCUT2D eigenvalue weighted by molar-refractivity contribution is 6.13. The highest BCUT2D eigenvalue weighted by atomic mass is 16.7. The second kappa shape index (κ2) is 5.04. The van der Waals surface area contributed by atoms with Gasteiger partial charge in [-0.05, 0) is 36.3 Å². The zero-order valence-electron chi connectivity index (χ0n) is 11.7. The summed E-state index contributed by atoms with van der Waals surface area (Å²) in [6.07, 6.45) is 0.0915. The van der Waals surface area contributed by atoms with E-state index < -0.39 is 6.16 Å². The summed E-state index contributed by atoms with van der Waals surface area (Å²) in [7, 11) is 0. The molecule has 0 spiro atoms. The molecule has 0 heterocycles. The molecule has 1 aliphatic rings. The van der Waals surface area contributed by atoms with Gasteiger partial charge in [0.1, 0.15) is 11.5 Å². The molecule has 3 rings (SSSR count). The third kappa shape index (κ3) is 2.22. The van der Waals surface area contributed by atoms with Crippen LogP contribution in [0.5, 0.6) is 5.75 Å². The number of ketones is 1. The Labute approximate surface area is 126 Å². The van der Waals surface area contributed by atoms with Crippen molar-refractivity contribution in [3.63, 3.8) is 0 Å². The second-order valence-electron chi connectivity index (χ2n) is 4.98. The average Bonchev–Trinajstić information content (AvgIpc) is 2.46. The Kier molecular flexibility index (Phi) is 3.18. The van der Waals surface area contributed by atoms with E-state index in [1.165, 1.54) is 18.2 Å². The number of fused-ring (bicyclic) bond motifs is 1. The molecule has 5 heteroatoms. The smallest absolute Gasteiger partial charge is 0.507 e. The van der Waals surface area contributed by atoms with E-state index in [1.54, 1.807) is 12.1 Å². The molecule has 0 radical (unpaired) electrons. The lowest BCUT2D eigenvalue weighted by atomic mass is 9.89. The Morgan fingerprint density at radius 1 is 1.09 bits per heavy atom.